The molecule has 31 heavy (non-hydrogen) atoms. The van der Waals surface area contributed by atoms with Gasteiger partial charge in [0, 0.05) is 22.7 Å². The van der Waals surface area contributed by atoms with Crippen LogP contribution in [0.2, 0.25) is 9.36 Å². The summed E-state index contributed by atoms with van der Waals surface area (Å²) in [6, 6.07) is 10.6. The summed E-state index contributed by atoms with van der Waals surface area (Å²) in [6.45, 7) is 2.32. The zero-order valence-corrected chi connectivity index (χ0v) is 19.0. The third-order valence-electron chi connectivity index (χ3n) is 5.23. The van der Waals surface area contributed by atoms with Crippen LogP contribution in [0.5, 0.6) is 0 Å². The number of fused-ring (bicyclic) bond motifs is 1. The molecular formula is C23H19Cl2FN2O2S. The first-order valence-electron chi connectivity index (χ1n) is 9.80. The number of rotatable bonds is 3. The number of carbonyl (C=O) groups excluding carboxylic acids is 2. The molecule has 1 aliphatic rings. The molecule has 3 aromatic rings. The van der Waals surface area contributed by atoms with E-state index in [4.69, 9.17) is 23.2 Å². The van der Waals surface area contributed by atoms with Gasteiger partial charge in [0.2, 0.25) is 0 Å². The molecule has 2 amide bonds. The second kappa shape index (κ2) is 8.99. The first-order chi connectivity index (χ1) is 14.8. The van der Waals surface area contributed by atoms with Gasteiger partial charge in [-0.15, -0.1) is 11.3 Å². The monoisotopic (exact) mass is 476 g/mol. The Morgan fingerprint density at radius 2 is 1.87 bits per heavy atom. The van der Waals surface area contributed by atoms with Gasteiger partial charge < -0.3 is 10.2 Å². The van der Waals surface area contributed by atoms with Crippen LogP contribution in [0.3, 0.4) is 0 Å². The summed E-state index contributed by atoms with van der Waals surface area (Å²) >= 11 is 14.1. The molecule has 0 spiro atoms. The number of halogens is 3. The van der Waals surface area contributed by atoms with Gasteiger partial charge in [0.15, 0.2) is 0 Å². The van der Waals surface area contributed by atoms with Gasteiger partial charge >= 0.3 is 0 Å². The molecule has 0 saturated carbocycles. The summed E-state index contributed by atoms with van der Waals surface area (Å²) < 4.78 is 14.2. The zero-order chi connectivity index (χ0) is 22.1. The van der Waals surface area contributed by atoms with Crippen LogP contribution in [0.4, 0.5) is 15.8 Å². The number of amides is 2. The zero-order valence-electron chi connectivity index (χ0n) is 16.7. The third-order valence-corrected chi connectivity index (χ3v) is 6.86. The molecule has 1 aliphatic heterocycles. The van der Waals surface area contributed by atoms with Crippen LogP contribution < -0.4 is 10.2 Å². The number of aryl methyl sites for hydroxylation is 2. The highest BCUT2D eigenvalue weighted by molar-refractivity contribution is 7.16. The van der Waals surface area contributed by atoms with E-state index >= 15 is 0 Å². The number of anilines is 2. The average molecular weight is 477 g/mol. The number of benzene rings is 2. The van der Waals surface area contributed by atoms with Crippen LogP contribution >= 0.6 is 34.5 Å². The van der Waals surface area contributed by atoms with E-state index in [1.165, 1.54) is 29.5 Å². The van der Waals surface area contributed by atoms with Crippen molar-refractivity contribution in [3.8, 4) is 0 Å². The molecule has 0 saturated heterocycles. The lowest BCUT2D eigenvalue weighted by molar-refractivity contribution is 0.0986. The predicted molar refractivity (Wildman–Crippen MR) is 124 cm³/mol. The fraction of sp³-hybridized carbons (Fsp3) is 0.217. The largest absolute Gasteiger partial charge is 0.322 e. The van der Waals surface area contributed by atoms with E-state index in [9.17, 15) is 14.0 Å². The lowest BCUT2D eigenvalue weighted by Gasteiger charge is -2.22. The summed E-state index contributed by atoms with van der Waals surface area (Å²) in [7, 11) is 0. The second-order valence-electron chi connectivity index (χ2n) is 7.38. The van der Waals surface area contributed by atoms with E-state index in [1.807, 2.05) is 6.07 Å². The summed E-state index contributed by atoms with van der Waals surface area (Å²) in [6.07, 6.45) is 2.78. The number of nitrogens with one attached hydrogen (secondary N) is 1. The Kier molecular flexibility index (Phi) is 6.32. The van der Waals surface area contributed by atoms with Crippen LogP contribution in [-0.2, 0) is 6.42 Å². The molecule has 0 aliphatic carbocycles. The van der Waals surface area contributed by atoms with Gasteiger partial charge in [0.25, 0.3) is 11.8 Å². The maximum Gasteiger partial charge on any atom is 0.259 e. The number of thiophene rings is 1. The molecule has 2 heterocycles. The van der Waals surface area contributed by atoms with Crippen molar-refractivity contribution in [2.75, 3.05) is 16.8 Å². The van der Waals surface area contributed by atoms with Crippen molar-refractivity contribution < 1.29 is 14.0 Å². The second-order valence-corrected chi connectivity index (χ2v) is 9.56. The van der Waals surface area contributed by atoms with E-state index < -0.39 is 11.7 Å². The highest BCUT2D eigenvalue weighted by Gasteiger charge is 2.26. The quantitative estimate of drug-likeness (QED) is 0.454. The normalized spacial score (nSPS) is 13.5. The SMILES string of the molecule is Cc1ccc(F)cc1C(=O)Nc1ccc(C(=O)N2CCCCc3sc(Cl)cc32)c(Cl)c1. The Morgan fingerprint density at radius 1 is 1.06 bits per heavy atom. The highest BCUT2D eigenvalue weighted by Crippen LogP contribution is 2.38. The van der Waals surface area contributed by atoms with Crippen LogP contribution in [0.1, 0.15) is 44.0 Å². The first-order valence-corrected chi connectivity index (χ1v) is 11.4. The van der Waals surface area contributed by atoms with Gasteiger partial charge in [-0.1, -0.05) is 29.3 Å². The summed E-state index contributed by atoms with van der Waals surface area (Å²) in [5, 5.41) is 2.94. The topological polar surface area (TPSA) is 49.4 Å². The molecule has 1 N–H and O–H groups in total. The van der Waals surface area contributed by atoms with Crippen molar-refractivity contribution in [2.45, 2.75) is 26.2 Å². The summed E-state index contributed by atoms with van der Waals surface area (Å²) in [5.74, 6) is -1.14. The third kappa shape index (κ3) is 4.61. The van der Waals surface area contributed by atoms with E-state index in [1.54, 1.807) is 30.0 Å². The van der Waals surface area contributed by atoms with Gasteiger partial charge in [-0.25, -0.2) is 4.39 Å². The van der Waals surface area contributed by atoms with E-state index in [0.717, 1.165) is 29.8 Å². The van der Waals surface area contributed by atoms with Gasteiger partial charge in [0.05, 0.1) is 20.6 Å². The van der Waals surface area contributed by atoms with E-state index in [-0.39, 0.29) is 16.5 Å². The minimum Gasteiger partial charge on any atom is -0.322 e. The van der Waals surface area contributed by atoms with Crippen molar-refractivity contribution in [1.29, 1.82) is 0 Å². The fourth-order valence-corrected chi connectivity index (χ4v) is 5.20. The summed E-state index contributed by atoms with van der Waals surface area (Å²) in [5.41, 5.74) is 2.50. The van der Waals surface area contributed by atoms with Gasteiger partial charge in [0.1, 0.15) is 5.82 Å². The molecule has 4 nitrogen and oxygen atoms in total. The standard InChI is InChI=1S/C23H19Cl2FN2O2S/c1-13-5-6-14(26)10-17(13)22(29)27-15-7-8-16(18(24)11-15)23(30)28-9-3-2-4-20-19(28)12-21(25)31-20/h5-8,10-12H,2-4,9H2,1H3,(H,27,29). The Morgan fingerprint density at radius 3 is 2.65 bits per heavy atom. The maximum atomic E-state index is 13.5. The predicted octanol–water partition coefficient (Wildman–Crippen LogP) is 6.74. The Labute approximate surface area is 193 Å². The lowest BCUT2D eigenvalue weighted by atomic mass is 10.1. The van der Waals surface area contributed by atoms with E-state index in [0.29, 0.717) is 27.7 Å². The maximum absolute atomic E-state index is 13.5. The number of nitrogens with zero attached hydrogens (tertiary/aromatic N) is 1. The van der Waals surface area contributed by atoms with Crippen molar-refractivity contribution in [3.05, 3.63) is 79.2 Å². The number of hydrogen-bond donors (Lipinski definition) is 1. The molecule has 0 bridgehead atoms. The van der Waals surface area contributed by atoms with Crippen LogP contribution in [0, 0.1) is 12.7 Å². The molecular weight excluding hydrogens is 458 g/mol. The highest BCUT2D eigenvalue weighted by atomic mass is 35.5. The summed E-state index contributed by atoms with van der Waals surface area (Å²) in [4.78, 5) is 28.6. The molecule has 8 heteroatoms. The van der Waals surface area contributed by atoms with E-state index in [2.05, 4.69) is 5.32 Å². The van der Waals surface area contributed by atoms with Crippen LogP contribution in [-0.4, -0.2) is 18.4 Å². The van der Waals surface area contributed by atoms with Gasteiger partial charge in [-0.05, 0) is 68.1 Å². The molecule has 0 atom stereocenters. The minimum absolute atomic E-state index is 0.207. The fourth-order valence-electron chi connectivity index (χ4n) is 3.63. The molecule has 4 rings (SSSR count). The number of hydrogen-bond acceptors (Lipinski definition) is 3. The van der Waals surface area contributed by atoms with Gasteiger partial charge in [-0.3, -0.25) is 9.59 Å². The van der Waals surface area contributed by atoms with Gasteiger partial charge in [-0.2, -0.15) is 0 Å². The van der Waals surface area contributed by atoms with Crippen molar-refractivity contribution in [1.82, 2.24) is 0 Å². The molecule has 0 unspecified atom stereocenters. The average Bonchev–Trinajstić information content (AvgIpc) is 2.98. The molecule has 0 radical (unpaired) electrons. The Bertz CT molecular complexity index is 1180. The molecule has 2 aromatic carbocycles. The smallest absolute Gasteiger partial charge is 0.259 e. The molecule has 1 aromatic heterocycles. The molecule has 160 valence electrons. The minimum atomic E-state index is -0.486. The lowest BCUT2D eigenvalue weighted by Crippen LogP contribution is -2.31. The Hall–Kier alpha value is -2.41. The van der Waals surface area contributed by atoms with Crippen LogP contribution in [0.25, 0.3) is 0 Å². The number of carbonyl (C=O) groups is 2. The van der Waals surface area contributed by atoms with Crippen molar-refractivity contribution in [2.24, 2.45) is 0 Å². The Balaban J connectivity index is 1.57. The first kappa shape index (κ1) is 21.8. The van der Waals surface area contributed by atoms with Crippen molar-refractivity contribution >= 4 is 57.7 Å². The van der Waals surface area contributed by atoms with Crippen molar-refractivity contribution in [3.63, 3.8) is 0 Å². The molecule has 0 fully saturated rings. The van der Waals surface area contributed by atoms with Crippen LogP contribution in [0.15, 0.2) is 42.5 Å².